The van der Waals surface area contributed by atoms with E-state index in [2.05, 4.69) is 5.32 Å². The van der Waals surface area contributed by atoms with Crippen molar-refractivity contribution in [2.75, 3.05) is 32.6 Å². The van der Waals surface area contributed by atoms with Crippen LogP contribution in [0.5, 0.6) is 23.0 Å². The Morgan fingerprint density at radius 1 is 0.952 bits per heavy atom. The van der Waals surface area contributed by atoms with Gasteiger partial charge in [-0.1, -0.05) is 45.9 Å². The second-order valence-electron chi connectivity index (χ2n) is 16.4. The summed E-state index contributed by atoms with van der Waals surface area (Å²) in [6.07, 6.45) is 4.08. The third kappa shape index (κ3) is 10.7. The monoisotopic (exact) mass is 868 g/mol. The van der Waals surface area contributed by atoms with Crippen molar-refractivity contribution in [1.82, 2.24) is 4.90 Å². The van der Waals surface area contributed by atoms with E-state index >= 15 is 0 Å². The molecule has 0 aromatic heterocycles. The first-order valence-corrected chi connectivity index (χ1v) is 20.5. The SMILES string of the molecule is COC1C=COC2(C)Oc3c(C)c(O)c4c(O)c(cc(OCC(=O)N(C)CCCCC(=O)O)c4c3C2=O)NC(=O)C(C)=CC=CC(C)C(O)C(C)C(O)C(C)C(OC(C)=O)C1C. The molecule has 62 heavy (non-hydrogen) atoms. The molecule has 9 unspecified atom stereocenters. The lowest BCUT2D eigenvalue weighted by atomic mass is 9.78. The number of ketones is 1. The number of amides is 2. The van der Waals surface area contributed by atoms with Crippen molar-refractivity contribution < 1.29 is 73.2 Å². The fourth-order valence-corrected chi connectivity index (χ4v) is 7.75. The van der Waals surface area contributed by atoms with Gasteiger partial charge in [0.1, 0.15) is 23.4 Å². The van der Waals surface area contributed by atoms with Crippen molar-refractivity contribution in [3.05, 3.63) is 53.3 Å². The molecule has 17 heteroatoms. The number of benzene rings is 2. The van der Waals surface area contributed by atoms with Crippen LogP contribution in [0.4, 0.5) is 5.69 Å². The van der Waals surface area contributed by atoms with Crippen molar-refractivity contribution >= 4 is 46.0 Å². The fourth-order valence-electron chi connectivity index (χ4n) is 7.75. The number of phenols is 2. The molecule has 9 atom stereocenters. The maximum absolute atomic E-state index is 14.5. The zero-order chi connectivity index (χ0) is 46.4. The van der Waals surface area contributed by atoms with Crippen LogP contribution in [0.3, 0.4) is 0 Å². The standard InChI is InChI=1S/C45H60N2O15/c1-22-14-13-15-23(2)44(57)46-29-20-31(59-21-32(49)47(9)18-12-11-16-33(50)51)34-35(40(29)55)39(54)27(6)42-36(34)43(56)45(8,62-42)60-19-17-30(58-10)24(3)41(61-28(7)48)26(5)38(53)25(4)37(22)52/h13-15,17,19-20,22,24-26,30,37-38,41,52-55H,11-12,16,18,21H2,1-10H3,(H,46,57)(H,50,51). The normalized spacial score (nSPS) is 27.0. The number of Topliss-reactive ketones (excluding diaryl/α,β-unsaturated/α-hetero) is 1. The number of esters is 1. The summed E-state index contributed by atoms with van der Waals surface area (Å²) in [5.41, 5.74) is -0.185. The highest BCUT2D eigenvalue weighted by Gasteiger charge is 2.50. The number of rotatable bonds is 10. The number of carboxylic acid groups (broad SMARTS) is 1. The van der Waals surface area contributed by atoms with Gasteiger partial charge in [0.05, 0.1) is 41.2 Å². The molecule has 0 spiro atoms. The average molecular weight is 869 g/mol. The zero-order valence-corrected chi connectivity index (χ0v) is 36.9. The van der Waals surface area contributed by atoms with E-state index in [0.29, 0.717) is 12.8 Å². The minimum atomic E-state index is -2.07. The van der Waals surface area contributed by atoms with Gasteiger partial charge in [-0.3, -0.25) is 24.0 Å². The molecule has 3 heterocycles. The summed E-state index contributed by atoms with van der Waals surface area (Å²) in [7, 11) is 2.93. The minimum Gasteiger partial charge on any atom is -0.507 e. The fraction of sp³-hybridized carbons (Fsp3) is 0.533. The number of methoxy groups -OCH3 is 1. The number of allylic oxidation sites excluding steroid dienone is 2. The molecule has 6 N–H and O–H groups in total. The number of phenolic OH excluding ortho intramolecular Hbond substituents is 2. The van der Waals surface area contributed by atoms with Crippen molar-refractivity contribution in [3.8, 4) is 23.0 Å². The molecular weight excluding hydrogens is 808 g/mol. The number of hydrogen-bond acceptors (Lipinski definition) is 14. The van der Waals surface area contributed by atoms with Gasteiger partial charge in [-0.2, -0.15) is 0 Å². The van der Waals surface area contributed by atoms with E-state index in [9.17, 15) is 44.4 Å². The van der Waals surface area contributed by atoms with Gasteiger partial charge >= 0.3 is 17.7 Å². The molecule has 340 valence electrons. The maximum atomic E-state index is 14.5. The van der Waals surface area contributed by atoms with E-state index in [0.717, 1.165) is 0 Å². The van der Waals surface area contributed by atoms with Gasteiger partial charge in [0.2, 0.25) is 0 Å². The molecule has 0 aliphatic carbocycles. The molecule has 17 nitrogen and oxygen atoms in total. The van der Waals surface area contributed by atoms with E-state index < -0.39 is 102 Å². The van der Waals surface area contributed by atoms with Crippen LogP contribution in [0.15, 0.2) is 42.2 Å². The first-order chi connectivity index (χ1) is 29.1. The topological polar surface area (TPSA) is 248 Å². The van der Waals surface area contributed by atoms with Gasteiger partial charge in [0.25, 0.3) is 17.6 Å². The van der Waals surface area contributed by atoms with Gasteiger partial charge in [-0.25, -0.2) is 0 Å². The number of carboxylic acids is 1. The van der Waals surface area contributed by atoms with E-state index in [1.807, 2.05) is 0 Å². The van der Waals surface area contributed by atoms with Crippen LogP contribution in [0, 0.1) is 30.6 Å². The maximum Gasteiger partial charge on any atom is 0.312 e. The Kier molecular flexibility index (Phi) is 16.2. The number of aliphatic hydroxyl groups excluding tert-OH is 2. The van der Waals surface area contributed by atoms with Crippen LogP contribution < -0.4 is 14.8 Å². The highest BCUT2D eigenvalue weighted by Crippen LogP contribution is 2.54. The molecule has 0 saturated carbocycles. The molecule has 0 fully saturated rings. The molecule has 5 rings (SSSR count). The van der Waals surface area contributed by atoms with Crippen LogP contribution in [0.1, 0.15) is 83.7 Å². The Hall–Kier alpha value is -5.65. The predicted octanol–water partition coefficient (Wildman–Crippen LogP) is 5.14. The molecule has 3 aliphatic rings. The summed E-state index contributed by atoms with van der Waals surface area (Å²) in [4.78, 5) is 66.0. The third-order valence-electron chi connectivity index (χ3n) is 11.7. The summed E-state index contributed by atoms with van der Waals surface area (Å²) in [6, 6.07) is 1.21. The van der Waals surface area contributed by atoms with Crippen LogP contribution in [-0.2, 0) is 33.4 Å². The van der Waals surface area contributed by atoms with E-state index in [1.165, 1.54) is 71.2 Å². The van der Waals surface area contributed by atoms with E-state index in [1.54, 1.807) is 39.8 Å². The van der Waals surface area contributed by atoms with Crippen LogP contribution in [0.25, 0.3) is 10.8 Å². The molecule has 0 radical (unpaired) electrons. The lowest BCUT2D eigenvalue weighted by Crippen LogP contribution is -2.46. The Labute approximate surface area is 360 Å². The molecule has 2 aromatic carbocycles. The number of aliphatic carboxylic acids is 1. The average Bonchev–Trinajstić information content (AvgIpc) is 3.49. The van der Waals surface area contributed by atoms with Gasteiger partial charge in [-0.05, 0) is 32.8 Å². The number of carbonyl (C=O) groups excluding carboxylic acids is 4. The summed E-state index contributed by atoms with van der Waals surface area (Å²) in [6.45, 7) is 12.0. The number of likely N-dealkylation sites (N-methyl/N-ethyl adjacent to an activating group) is 1. The summed E-state index contributed by atoms with van der Waals surface area (Å²) < 4.78 is 29.6. The van der Waals surface area contributed by atoms with Crippen molar-refractivity contribution in [2.45, 2.75) is 105 Å². The minimum absolute atomic E-state index is 0.0384. The van der Waals surface area contributed by atoms with Crippen LogP contribution in [-0.4, -0.2) is 117 Å². The zero-order valence-electron chi connectivity index (χ0n) is 36.9. The first-order valence-electron chi connectivity index (χ1n) is 20.5. The van der Waals surface area contributed by atoms with Gasteiger partial charge in [0.15, 0.2) is 12.4 Å². The summed E-state index contributed by atoms with van der Waals surface area (Å²) in [5.74, 6) is -9.56. The van der Waals surface area contributed by atoms with Gasteiger partial charge in [0, 0.05) is 87.2 Å². The molecule has 2 amide bonds. The first kappa shape index (κ1) is 49.0. The number of hydrogen-bond donors (Lipinski definition) is 6. The number of anilines is 1. The largest absolute Gasteiger partial charge is 0.507 e. The van der Waals surface area contributed by atoms with Crippen molar-refractivity contribution in [2.24, 2.45) is 23.7 Å². The van der Waals surface area contributed by atoms with Crippen molar-refractivity contribution in [1.29, 1.82) is 0 Å². The summed E-state index contributed by atoms with van der Waals surface area (Å²) in [5, 5.41) is 57.3. The smallest absolute Gasteiger partial charge is 0.312 e. The number of carbonyl (C=O) groups is 5. The number of nitrogens with zero attached hydrogens (tertiary/aromatic N) is 1. The Morgan fingerprint density at radius 2 is 1.63 bits per heavy atom. The quantitative estimate of drug-likeness (QED) is 0.103. The Balaban J connectivity index is 1.88. The summed E-state index contributed by atoms with van der Waals surface area (Å²) >= 11 is 0. The van der Waals surface area contributed by atoms with Gasteiger partial charge in [-0.15, -0.1) is 0 Å². The van der Waals surface area contributed by atoms with Crippen LogP contribution in [0.2, 0.25) is 0 Å². The molecule has 3 aliphatic heterocycles. The number of ether oxygens (including phenoxy) is 5. The second kappa shape index (κ2) is 20.5. The number of fused-ring (bicyclic) bond motifs is 14. The number of aliphatic hydroxyl groups is 2. The van der Waals surface area contributed by atoms with E-state index in [4.69, 9.17) is 28.8 Å². The number of nitrogens with one attached hydrogen (secondary N) is 1. The lowest BCUT2D eigenvalue weighted by molar-refractivity contribution is -0.160. The Morgan fingerprint density at radius 3 is 2.26 bits per heavy atom. The molecular formula is C45H60N2O15. The van der Waals surface area contributed by atoms with Crippen LogP contribution >= 0.6 is 0 Å². The third-order valence-corrected chi connectivity index (χ3v) is 11.7. The molecule has 2 aromatic rings. The van der Waals surface area contributed by atoms with Gasteiger partial charge < -0.3 is 59.4 Å². The Bertz CT molecular complexity index is 2130. The van der Waals surface area contributed by atoms with E-state index in [-0.39, 0.29) is 57.6 Å². The highest BCUT2D eigenvalue weighted by molar-refractivity contribution is 6.21. The number of aromatic hydroxyl groups is 2. The molecule has 0 saturated heterocycles. The lowest BCUT2D eigenvalue weighted by Gasteiger charge is -2.38. The predicted molar refractivity (Wildman–Crippen MR) is 227 cm³/mol. The second-order valence-corrected chi connectivity index (χ2v) is 16.4. The number of unbranched alkanes of at least 4 members (excludes halogenated alkanes) is 1. The highest BCUT2D eigenvalue weighted by atomic mass is 16.7. The molecule has 5 bridgehead atoms. The van der Waals surface area contributed by atoms with Crippen molar-refractivity contribution in [3.63, 3.8) is 0 Å².